The zero-order valence-corrected chi connectivity index (χ0v) is 16.2. The number of nitriles is 1. The highest BCUT2D eigenvalue weighted by Gasteiger charge is 2.15. The molecule has 0 fully saturated rings. The van der Waals surface area contributed by atoms with Crippen molar-refractivity contribution in [1.82, 2.24) is 0 Å². The Bertz CT molecular complexity index is 946. The normalized spacial score (nSPS) is 10.7. The molecular formula is C21H21N3O5. The third kappa shape index (κ3) is 6.07. The van der Waals surface area contributed by atoms with Crippen LogP contribution in [0, 0.1) is 21.4 Å². The summed E-state index contributed by atoms with van der Waals surface area (Å²) in [7, 11) is 1.33. The van der Waals surface area contributed by atoms with Crippen molar-refractivity contribution < 1.29 is 19.2 Å². The molecule has 0 aliphatic rings. The third-order valence-corrected chi connectivity index (χ3v) is 3.97. The van der Waals surface area contributed by atoms with E-state index in [2.05, 4.69) is 12.2 Å². The van der Waals surface area contributed by atoms with Gasteiger partial charge in [-0.25, -0.2) is 0 Å². The number of rotatable bonds is 9. The van der Waals surface area contributed by atoms with Crippen molar-refractivity contribution in [3.05, 3.63) is 63.7 Å². The molecule has 0 radical (unpaired) electrons. The molecule has 150 valence electrons. The van der Waals surface area contributed by atoms with Gasteiger partial charge in [-0.3, -0.25) is 14.9 Å². The number of nitrogens with one attached hydrogen (secondary N) is 1. The molecule has 0 heterocycles. The Balaban J connectivity index is 2.14. The monoisotopic (exact) mass is 395 g/mol. The maximum atomic E-state index is 12.5. The molecule has 0 saturated carbocycles. The zero-order chi connectivity index (χ0) is 21.2. The van der Waals surface area contributed by atoms with E-state index in [-0.39, 0.29) is 22.7 Å². The molecule has 0 aliphatic carbocycles. The summed E-state index contributed by atoms with van der Waals surface area (Å²) in [6.45, 7) is 2.71. The summed E-state index contributed by atoms with van der Waals surface area (Å²) in [5.74, 6) is 0.190. The number of anilines is 1. The summed E-state index contributed by atoms with van der Waals surface area (Å²) in [6, 6.07) is 12.7. The summed E-state index contributed by atoms with van der Waals surface area (Å²) in [4.78, 5) is 22.8. The number of benzene rings is 2. The molecule has 0 spiro atoms. The van der Waals surface area contributed by atoms with Crippen molar-refractivity contribution in [1.29, 1.82) is 5.26 Å². The predicted molar refractivity (Wildman–Crippen MR) is 109 cm³/mol. The van der Waals surface area contributed by atoms with E-state index in [4.69, 9.17) is 9.47 Å². The predicted octanol–water partition coefficient (Wildman–Crippen LogP) is 4.33. The number of unbranched alkanes of at least 4 members (excludes halogenated alkanes) is 1. The van der Waals surface area contributed by atoms with Gasteiger partial charge in [0.2, 0.25) is 0 Å². The molecule has 8 nitrogen and oxygen atoms in total. The van der Waals surface area contributed by atoms with Crippen molar-refractivity contribution in [3.8, 4) is 17.6 Å². The van der Waals surface area contributed by atoms with Gasteiger partial charge in [0.25, 0.3) is 11.6 Å². The number of carbonyl (C=O) groups is 1. The Morgan fingerprint density at radius 2 is 2.00 bits per heavy atom. The minimum absolute atomic E-state index is 0.120. The van der Waals surface area contributed by atoms with Crippen LogP contribution in [0.2, 0.25) is 0 Å². The van der Waals surface area contributed by atoms with E-state index < -0.39 is 10.8 Å². The molecule has 29 heavy (non-hydrogen) atoms. The summed E-state index contributed by atoms with van der Waals surface area (Å²) in [6.07, 6.45) is 3.45. The number of amides is 1. The van der Waals surface area contributed by atoms with Crippen LogP contribution >= 0.6 is 0 Å². The first-order valence-corrected chi connectivity index (χ1v) is 8.97. The van der Waals surface area contributed by atoms with Crippen molar-refractivity contribution in [2.24, 2.45) is 0 Å². The van der Waals surface area contributed by atoms with Crippen LogP contribution in [0.1, 0.15) is 25.3 Å². The summed E-state index contributed by atoms with van der Waals surface area (Å²) in [5, 5.41) is 22.8. The molecule has 1 amide bonds. The van der Waals surface area contributed by atoms with E-state index in [1.54, 1.807) is 24.3 Å². The standard InChI is InChI=1S/C21H21N3O5/c1-3-4-11-29-18-8-5-15(6-9-18)12-16(14-22)21(25)23-19-10-7-17(24(26)27)13-20(19)28-2/h5-10,12-13H,3-4,11H2,1-2H3,(H,23,25)/b16-12+. The maximum absolute atomic E-state index is 12.5. The van der Waals surface area contributed by atoms with Crippen molar-refractivity contribution in [2.45, 2.75) is 19.8 Å². The fourth-order valence-electron chi connectivity index (χ4n) is 2.40. The minimum Gasteiger partial charge on any atom is -0.494 e. The minimum atomic E-state index is -0.650. The Labute approximate surface area is 168 Å². The average Bonchev–Trinajstić information content (AvgIpc) is 2.73. The first-order chi connectivity index (χ1) is 14.0. The lowest BCUT2D eigenvalue weighted by atomic mass is 10.1. The van der Waals surface area contributed by atoms with E-state index in [1.807, 2.05) is 6.07 Å². The molecule has 8 heteroatoms. The Kier molecular flexibility index (Phi) is 7.74. The highest BCUT2D eigenvalue weighted by molar-refractivity contribution is 6.10. The van der Waals surface area contributed by atoms with Crippen LogP contribution in [0.3, 0.4) is 0 Å². The van der Waals surface area contributed by atoms with Crippen LogP contribution in [-0.4, -0.2) is 24.5 Å². The fraction of sp³-hybridized carbons (Fsp3) is 0.238. The van der Waals surface area contributed by atoms with Crippen LogP contribution in [0.4, 0.5) is 11.4 Å². The molecule has 0 saturated heterocycles. The molecule has 1 N–H and O–H groups in total. The first kappa shape index (κ1) is 21.4. The topological polar surface area (TPSA) is 114 Å². The van der Waals surface area contributed by atoms with Crippen LogP contribution in [0.25, 0.3) is 6.08 Å². The molecule has 0 bridgehead atoms. The number of ether oxygens (including phenoxy) is 2. The van der Waals surface area contributed by atoms with Gasteiger partial charge in [-0.2, -0.15) is 5.26 Å². The highest BCUT2D eigenvalue weighted by Crippen LogP contribution is 2.29. The average molecular weight is 395 g/mol. The molecule has 2 rings (SSSR count). The Morgan fingerprint density at radius 1 is 1.28 bits per heavy atom. The second-order valence-corrected chi connectivity index (χ2v) is 6.04. The number of hydrogen-bond donors (Lipinski definition) is 1. The van der Waals surface area contributed by atoms with E-state index >= 15 is 0 Å². The van der Waals surface area contributed by atoms with Crippen molar-refractivity contribution in [2.75, 3.05) is 19.0 Å². The van der Waals surface area contributed by atoms with Gasteiger partial charge in [0.15, 0.2) is 0 Å². The molecule has 2 aromatic rings. The van der Waals surface area contributed by atoms with E-state index in [1.165, 1.54) is 31.4 Å². The number of hydrogen-bond acceptors (Lipinski definition) is 6. The number of carbonyl (C=O) groups excluding carboxylic acids is 1. The number of nitrogens with zero attached hydrogens (tertiary/aromatic N) is 2. The number of nitro benzene ring substituents is 1. The van der Waals surface area contributed by atoms with Crippen molar-refractivity contribution in [3.63, 3.8) is 0 Å². The van der Waals surface area contributed by atoms with Crippen LogP contribution < -0.4 is 14.8 Å². The van der Waals surface area contributed by atoms with Gasteiger partial charge in [-0.15, -0.1) is 0 Å². The smallest absolute Gasteiger partial charge is 0.273 e. The molecule has 0 aliphatic heterocycles. The SMILES string of the molecule is CCCCOc1ccc(/C=C(\C#N)C(=O)Nc2ccc([N+](=O)[O-])cc2OC)cc1. The quantitative estimate of drug-likeness (QED) is 0.222. The van der Waals surface area contributed by atoms with Gasteiger partial charge in [0, 0.05) is 6.07 Å². The Hall–Kier alpha value is -3.86. The van der Waals surface area contributed by atoms with Gasteiger partial charge >= 0.3 is 0 Å². The largest absolute Gasteiger partial charge is 0.494 e. The summed E-state index contributed by atoms with van der Waals surface area (Å²) >= 11 is 0. The van der Waals surface area contributed by atoms with Crippen LogP contribution in [0.15, 0.2) is 48.0 Å². The second-order valence-electron chi connectivity index (χ2n) is 6.04. The number of non-ortho nitro benzene ring substituents is 1. The fourth-order valence-corrected chi connectivity index (χ4v) is 2.40. The van der Waals surface area contributed by atoms with E-state index in [0.29, 0.717) is 17.9 Å². The lowest BCUT2D eigenvalue weighted by Crippen LogP contribution is -2.14. The van der Waals surface area contributed by atoms with E-state index in [0.717, 1.165) is 12.8 Å². The van der Waals surface area contributed by atoms with Gasteiger partial charge < -0.3 is 14.8 Å². The molecule has 2 aromatic carbocycles. The summed E-state index contributed by atoms with van der Waals surface area (Å²) in [5.41, 5.74) is 0.598. The molecule has 0 aromatic heterocycles. The van der Waals surface area contributed by atoms with Gasteiger partial charge in [0.05, 0.1) is 30.4 Å². The maximum Gasteiger partial charge on any atom is 0.273 e. The van der Waals surface area contributed by atoms with Crippen molar-refractivity contribution >= 4 is 23.4 Å². The van der Waals surface area contributed by atoms with E-state index in [9.17, 15) is 20.2 Å². The van der Waals surface area contributed by atoms with Gasteiger partial charge in [-0.1, -0.05) is 25.5 Å². The highest BCUT2D eigenvalue weighted by atomic mass is 16.6. The molecule has 0 unspecified atom stereocenters. The Morgan fingerprint density at radius 3 is 2.59 bits per heavy atom. The summed E-state index contributed by atoms with van der Waals surface area (Å²) < 4.78 is 10.7. The number of nitro groups is 1. The van der Waals surface area contributed by atoms with Gasteiger partial charge in [-0.05, 0) is 36.3 Å². The zero-order valence-electron chi connectivity index (χ0n) is 16.2. The van der Waals surface area contributed by atoms with Gasteiger partial charge in [0.1, 0.15) is 23.1 Å². The second kappa shape index (κ2) is 10.5. The molecular weight excluding hydrogens is 374 g/mol. The molecule has 0 atom stereocenters. The first-order valence-electron chi connectivity index (χ1n) is 8.97. The third-order valence-electron chi connectivity index (χ3n) is 3.97. The van der Waals surface area contributed by atoms with Crippen LogP contribution in [0.5, 0.6) is 11.5 Å². The number of methoxy groups -OCH3 is 1. The van der Waals surface area contributed by atoms with Crippen LogP contribution in [-0.2, 0) is 4.79 Å². The lowest BCUT2D eigenvalue weighted by molar-refractivity contribution is -0.384. The lowest BCUT2D eigenvalue weighted by Gasteiger charge is -2.09.